The van der Waals surface area contributed by atoms with Crippen LogP contribution >= 0.6 is 31.9 Å². The van der Waals surface area contributed by atoms with Gasteiger partial charge in [0.2, 0.25) is 0 Å². The van der Waals surface area contributed by atoms with E-state index in [-0.39, 0.29) is 11.0 Å². The van der Waals surface area contributed by atoms with Gasteiger partial charge in [0.15, 0.2) is 11.5 Å². The highest BCUT2D eigenvalue weighted by molar-refractivity contribution is 9.10. The molecule has 1 aromatic heterocycles. The van der Waals surface area contributed by atoms with Gasteiger partial charge in [0.1, 0.15) is 5.82 Å². The van der Waals surface area contributed by atoms with Crippen LogP contribution < -0.4 is 15.0 Å². The molecule has 0 fully saturated rings. The summed E-state index contributed by atoms with van der Waals surface area (Å²) in [5.41, 5.74) is 1.25. The molecule has 0 spiro atoms. The number of nitrogens with zero attached hydrogens (tertiary/aromatic N) is 3. The molecule has 6 nitrogen and oxygen atoms in total. The van der Waals surface area contributed by atoms with Gasteiger partial charge in [-0.25, -0.2) is 4.98 Å². The van der Waals surface area contributed by atoms with Crippen LogP contribution in [0.3, 0.4) is 0 Å². The van der Waals surface area contributed by atoms with Gasteiger partial charge in [-0.2, -0.15) is 9.78 Å². The normalized spacial score (nSPS) is 12.0. The Labute approximate surface area is 211 Å². The first-order valence-electron chi connectivity index (χ1n) is 11.0. The average Bonchev–Trinajstić information content (AvgIpc) is 2.74. The minimum atomic E-state index is -0.202. The number of fused-ring (bicyclic) bond motifs is 1. The summed E-state index contributed by atoms with van der Waals surface area (Å²) in [5, 5.41) is 5.04. The Morgan fingerprint density at radius 2 is 1.82 bits per heavy atom. The van der Waals surface area contributed by atoms with Crippen LogP contribution in [0.15, 0.2) is 49.2 Å². The van der Waals surface area contributed by atoms with Crippen LogP contribution in [0.1, 0.15) is 52.4 Å². The van der Waals surface area contributed by atoms with Crippen molar-refractivity contribution in [1.29, 1.82) is 0 Å². The first kappa shape index (κ1) is 25.4. The molecule has 0 atom stereocenters. The highest BCUT2D eigenvalue weighted by atomic mass is 79.9. The first-order chi connectivity index (χ1) is 15.6. The van der Waals surface area contributed by atoms with Gasteiger partial charge >= 0.3 is 0 Å². The van der Waals surface area contributed by atoms with Crippen molar-refractivity contribution >= 4 is 49.0 Å². The van der Waals surface area contributed by atoms with E-state index in [9.17, 15) is 4.79 Å². The number of aromatic nitrogens is 2. The van der Waals surface area contributed by atoms with Crippen molar-refractivity contribution in [2.45, 2.75) is 47.5 Å². The fraction of sp³-hybridized carbons (Fsp3) is 0.400. The Bertz CT molecular complexity index is 1230. The number of hydrogen-bond acceptors (Lipinski definition) is 5. The van der Waals surface area contributed by atoms with Crippen molar-refractivity contribution in [2.75, 3.05) is 13.2 Å². The summed E-state index contributed by atoms with van der Waals surface area (Å²) >= 11 is 7.04. The van der Waals surface area contributed by atoms with Gasteiger partial charge in [0.25, 0.3) is 5.56 Å². The molecule has 0 N–H and O–H groups in total. The SMILES string of the molecule is CCCc1nc2ccc(Br)cc2c(=O)n1N=Cc1cc(OCC)c(OCC(C)(C)C)cc1Br. The zero-order valence-electron chi connectivity index (χ0n) is 19.6. The summed E-state index contributed by atoms with van der Waals surface area (Å²) < 4.78 is 14.8. The summed E-state index contributed by atoms with van der Waals surface area (Å²) in [4.78, 5) is 17.9. The van der Waals surface area contributed by atoms with E-state index in [0.717, 1.165) is 20.9 Å². The third kappa shape index (κ3) is 6.44. The zero-order chi connectivity index (χ0) is 24.2. The van der Waals surface area contributed by atoms with Gasteiger partial charge in [-0.1, -0.05) is 43.6 Å². The molecule has 0 aliphatic rings. The van der Waals surface area contributed by atoms with Crippen molar-refractivity contribution in [2.24, 2.45) is 10.5 Å². The highest BCUT2D eigenvalue weighted by Gasteiger charge is 2.16. The van der Waals surface area contributed by atoms with Crippen molar-refractivity contribution in [3.63, 3.8) is 0 Å². The Morgan fingerprint density at radius 1 is 1.09 bits per heavy atom. The number of halogens is 2. The Kier molecular flexibility index (Phi) is 8.34. The molecule has 0 aliphatic carbocycles. The van der Waals surface area contributed by atoms with Crippen LogP contribution in [-0.2, 0) is 6.42 Å². The molecule has 0 aliphatic heterocycles. The Morgan fingerprint density at radius 3 is 2.48 bits per heavy atom. The molecule has 0 amide bonds. The molecular weight excluding hydrogens is 550 g/mol. The maximum atomic E-state index is 13.2. The molecule has 33 heavy (non-hydrogen) atoms. The largest absolute Gasteiger partial charge is 0.490 e. The molecule has 0 unspecified atom stereocenters. The molecule has 0 saturated heterocycles. The smallest absolute Gasteiger partial charge is 0.282 e. The molecule has 176 valence electrons. The number of rotatable bonds is 8. The lowest BCUT2D eigenvalue weighted by atomic mass is 9.99. The van der Waals surface area contributed by atoms with Gasteiger partial charge in [0.05, 0.1) is 30.3 Å². The van der Waals surface area contributed by atoms with Gasteiger partial charge in [-0.15, -0.1) is 0 Å². The summed E-state index contributed by atoms with van der Waals surface area (Å²) in [6, 6.07) is 9.24. The second-order valence-electron chi connectivity index (χ2n) is 8.90. The average molecular weight is 579 g/mol. The van der Waals surface area contributed by atoms with Crippen molar-refractivity contribution in [1.82, 2.24) is 9.66 Å². The van der Waals surface area contributed by atoms with E-state index in [1.54, 1.807) is 12.3 Å². The van der Waals surface area contributed by atoms with Gasteiger partial charge in [-0.05, 0) is 65.0 Å². The van der Waals surface area contributed by atoms with Crippen molar-refractivity contribution in [3.05, 3.63) is 61.0 Å². The Balaban J connectivity index is 2.05. The number of benzene rings is 2. The third-order valence-corrected chi connectivity index (χ3v) is 5.86. The molecule has 8 heteroatoms. The second kappa shape index (κ2) is 10.8. The third-order valence-electron chi connectivity index (χ3n) is 4.68. The molecule has 0 bridgehead atoms. The standard InChI is InChI=1S/C25H29Br2N3O3/c1-6-8-23-29-20-10-9-17(26)12-18(20)24(31)30(23)28-14-16-11-21(32-7-2)22(13-19(16)27)33-15-25(3,4)5/h9-14H,6-8,15H2,1-5H3. The maximum absolute atomic E-state index is 13.2. The summed E-state index contributed by atoms with van der Waals surface area (Å²) in [5.74, 6) is 1.92. The van der Waals surface area contributed by atoms with E-state index in [2.05, 4.69) is 62.7 Å². The lowest BCUT2D eigenvalue weighted by Gasteiger charge is -2.21. The lowest BCUT2D eigenvalue weighted by Crippen LogP contribution is -2.22. The monoisotopic (exact) mass is 577 g/mol. The van der Waals surface area contributed by atoms with E-state index < -0.39 is 0 Å². The molecule has 3 aromatic rings. The predicted octanol–water partition coefficient (Wildman–Crippen LogP) is 6.58. The van der Waals surface area contributed by atoms with E-state index >= 15 is 0 Å². The van der Waals surface area contributed by atoms with E-state index in [1.165, 1.54) is 4.68 Å². The molecule has 3 rings (SSSR count). The van der Waals surface area contributed by atoms with Crippen molar-refractivity contribution < 1.29 is 9.47 Å². The first-order valence-corrected chi connectivity index (χ1v) is 12.6. The van der Waals surface area contributed by atoms with Crippen LogP contribution in [0.5, 0.6) is 11.5 Å². The highest BCUT2D eigenvalue weighted by Crippen LogP contribution is 2.34. The van der Waals surface area contributed by atoms with Gasteiger partial charge in [-0.3, -0.25) is 4.79 Å². The van der Waals surface area contributed by atoms with Crippen LogP contribution in [0.2, 0.25) is 0 Å². The summed E-state index contributed by atoms with van der Waals surface area (Å²) in [6.07, 6.45) is 3.14. The molecule has 2 aromatic carbocycles. The topological polar surface area (TPSA) is 65.7 Å². The predicted molar refractivity (Wildman–Crippen MR) is 141 cm³/mol. The van der Waals surface area contributed by atoms with Crippen LogP contribution in [0.25, 0.3) is 10.9 Å². The Hall–Kier alpha value is -2.19. The minimum absolute atomic E-state index is 0.0189. The van der Waals surface area contributed by atoms with Gasteiger partial charge in [0, 0.05) is 20.9 Å². The second-order valence-corrected chi connectivity index (χ2v) is 10.7. The number of hydrogen-bond donors (Lipinski definition) is 0. The molecule has 0 radical (unpaired) electrons. The molecule has 0 saturated carbocycles. The summed E-state index contributed by atoms with van der Waals surface area (Å²) in [7, 11) is 0. The summed E-state index contributed by atoms with van der Waals surface area (Å²) in [6.45, 7) is 11.4. The van der Waals surface area contributed by atoms with E-state index in [4.69, 9.17) is 9.47 Å². The van der Waals surface area contributed by atoms with Gasteiger partial charge < -0.3 is 9.47 Å². The van der Waals surface area contributed by atoms with Crippen LogP contribution in [0, 0.1) is 5.41 Å². The van der Waals surface area contributed by atoms with Crippen LogP contribution in [-0.4, -0.2) is 29.1 Å². The lowest BCUT2D eigenvalue weighted by molar-refractivity contribution is 0.188. The fourth-order valence-electron chi connectivity index (χ4n) is 3.14. The number of aryl methyl sites for hydroxylation is 1. The molecule has 1 heterocycles. The zero-order valence-corrected chi connectivity index (χ0v) is 22.8. The number of ether oxygens (including phenoxy) is 2. The quantitative estimate of drug-likeness (QED) is 0.283. The fourth-order valence-corrected chi connectivity index (χ4v) is 3.93. The molecular formula is C25H29Br2N3O3. The van der Waals surface area contributed by atoms with E-state index in [1.807, 2.05) is 38.1 Å². The van der Waals surface area contributed by atoms with E-state index in [0.29, 0.717) is 47.9 Å². The minimum Gasteiger partial charge on any atom is -0.490 e. The van der Waals surface area contributed by atoms with Crippen LogP contribution in [0.4, 0.5) is 0 Å². The maximum Gasteiger partial charge on any atom is 0.282 e. The van der Waals surface area contributed by atoms with Crippen molar-refractivity contribution in [3.8, 4) is 11.5 Å².